The maximum absolute atomic E-state index is 12.7. The number of carbonyl (C=O) groups is 3. The van der Waals surface area contributed by atoms with Crippen LogP contribution in [0.25, 0.3) is 0 Å². The Bertz CT molecular complexity index is 648. The Morgan fingerprint density at radius 2 is 1.74 bits per heavy atom. The second-order valence-electron chi connectivity index (χ2n) is 7.58. The van der Waals surface area contributed by atoms with Crippen molar-refractivity contribution in [3.63, 3.8) is 0 Å². The maximum atomic E-state index is 12.7. The summed E-state index contributed by atoms with van der Waals surface area (Å²) >= 11 is 0. The molecule has 0 aromatic heterocycles. The third-order valence-corrected chi connectivity index (χ3v) is 4.02. The lowest BCUT2D eigenvalue weighted by Gasteiger charge is -2.25. The number of nitrogens with zero attached hydrogens (tertiary/aromatic N) is 1. The number of nitrogens with one attached hydrogen (secondary N) is 1. The molecule has 0 saturated carbocycles. The first-order chi connectivity index (χ1) is 12.7. The van der Waals surface area contributed by atoms with E-state index in [0.29, 0.717) is 13.1 Å². The summed E-state index contributed by atoms with van der Waals surface area (Å²) < 4.78 is 10.5. The zero-order valence-electron chi connectivity index (χ0n) is 16.2. The smallest absolute Gasteiger partial charge is 0.408 e. The molecular weight excluding hydrogens is 348 g/mol. The zero-order valence-corrected chi connectivity index (χ0v) is 16.2. The second kappa shape index (κ2) is 9.39. The monoisotopic (exact) mass is 376 g/mol. The topological polar surface area (TPSA) is 84.9 Å². The Morgan fingerprint density at radius 1 is 1.11 bits per heavy atom. The van der Waals surface area contributed by atoms with Gasteiger partial charge in [-0.3, -0.25) is 9.59 Å². The Labute approximate surface area is 160 Å². The lowest BCUT2D eigenvalue weighted by Crippen LogP contribution is -2.50. The summed E-state index contributed by atoms with van der Waals surface area (Å²) in [5, 5.41) is 2.53. The number of hydrogen-bond acceptors (Lipinski definition) is 5. The molecule has 0 unspecified atom stereocenters. The summed E-state index contributed by atoms with van der Waals surface area (Å²) in [6, 6.07) is 8.28. The summed E-state index contributed by atoms with van der Waals surface area (Å²) in [5.41, 5.74) is 0.160. The third kappa shape index (κ3) is 7.29. The molecule has 0 aliphatic carbocycles. The fourth-order valence-electron chi connectivity index (χ4n) is 2.77. The van der Waals surface area contributed by atoms with Crippen molar-refractivity contribution in [2.24, 2.45) is 0 Å². The number of likely N-dealkylation sites (tertiary alicyclic amines) is 1. The number of hydrogen-bond donors (Lipinski definition) is 1. The first kappa shape index (κ1) is 20.7. The van der Waals surface area contributed by atoms with Gasteiger partial charge in [0.15, 0.2) is 0 Å². The van der Waals surface area contributed by atoms with Crippen molar-refractivity contribution in [1.82, 2.24) is 10.2 Å². The number of alkyl carbamates (subject to hydrolysis) is 1. The Morgan fingerprint density at radius 3 is 2.33 bits per heavy atom. The van der Waals surface area contributed by atoms with Crippen LogP contribution in [0.15, 0.2) is 30.3 Å². The predicted molar refractivity (Wildman–Crippen MR) is 99.8 cm³/mol. The van der Waals surface area contributed by atoms with Crippen LogP contribution in [0, 0.1) is 0 Å². The van der Waals surface area contributed by atoms with Crippen molar-refractivity contribution in [3.05, 3.63) is 35.9 Å². The minimum Gasteiger partial charge on any atom is -0.461 e. The molecule has 2 rings (SSSR count). The van der Waals surface area contributed by atoms with Crippen LogP contribution >= 0.6 is 0 Å². The molecule has 1 aromatic carbocycles. The molecule has 2 amide bonds. The van der Waals surface area contributed by atoms with Gasteiger partial charge in [0.05, 0.1) is 6.42 Å². The summed E-state index contributed by atoms with van der Waals surface area (Å²) in [6.45, 7) is 6.58. The molecule has 1 aliphatic heterocycles. The van der Waals surface area contributed by atoms with Gasteiger partial charge in [-0.2, -0.15) is 0 Å². The number of benzene rings is 1. The van der Waals surface area contributed by atoms with Crippen LogP contribution in [-0.4, -0.2) is 47.6 Å². The van der Waals surface area contributed by atoms with Crippen molar-refractivity contribution in [3.8, 4) is 0 Å². The Kier molecular flexibility index (Phi) is 7.21. The average Bonchev–Trinajstić information content (AvgIpc) is 3.12. The van der Waals surface area contributed by atoms with E-state index in [0.717, 1.165) is 18.4 Å². The highest BCUT2D eigenvalue weighted by Gasteiger charge is 2.31. The van der Waals surface area contributed by atoms with Gasteiger partial charge in [0, 0.05) is 13.1 Å². The first-order valence-electron chi connectivity index (χ1n) is 9.22. The Balaban J connectivity index is 1.96. The molecule has 0 radical (unpaired) electrons. The van der Waals surface area contributed by atoms with E-state index in [-0.39, 0.29) is 18.9 Å². The maximum Gasteiger partial charge on any atom is 0.408 e. The second-order valence-corrected chi connectivity index (χ2v) is 7.58. The van der Waals surface area contributed by atoms with E-state index in [1.165, 1.54) is 0 Å². The quantitative estimate of drug-likeness (QED) is 0.772. The van der Waals surface area contributed by atoms with E-state index in [2.05, 4.69) is 5.32 Å². The molecule has 27 heavy (non-hydrogen) atoms. The van der Waals surface area contributed by atoms with Crippen LogP contribution in [-0.2, 0) is 25.7 Å². The molecule has 0 spiro atoms. The number of carbonyl (C=O) groups excluding carboxylic acids is 3. The van der Waals surface area contributed by atoms with Crippen LogP contribution in [0.1, 0.15) is 45.6 Å². The van der Waals surface area contributed by atoms with Crippen LogP contribution in [0.2, 0.25) is 0 Å². The molecule has 7 heteroatoms. The van der Waals surface area contributed by atoms with Gasteiger partial charge in [0.25, 0.3) is 0 Å². The molecule has 1 heterocycles. The average molecular weight is 376 g/mol. The number of ether oxygens (including phenoxy) is 2. The molecule has 1 aliphatic rings. The molecule has 1 atom stereocenters. The van der Waals surface area contributed by atoms with Crippen molar-refractivity contribution >= 4 is 18.0 Å². The number of amides is 2. The van der Waals surface area contributed by atoms with Gasteiger partial charge in [-0.25, -0.2) is 4.79 Å². The highest BCUT2D eigenvalue weighted by atomic mass is 16.6. The zero-order chi connectivity index (χ0) is 19.9. The predicted octanol–water partition coefficient (Wildman–Crippen LogP) is 2.64. The van der Waals surface area contributed by atoms with E-state index < -0.39 is 23.7 Å². The molecule has 1 aromatic rings. The van der Waals surface area contributed by atoms with Crippen LogP contribution < -0.4 is 5.32 Å². The third-order valence-electron chi connectivity index (χ3n) is 4.02. The summed E-state index contributed by atoms with van der Waals surface area (Å²) in [7, 11) is 0. The van der Waals surface area contributed by atoms with Gasteiger partial charge in [-0.15, -0.1) is 0 Å². The Hall–Kier alpha value is -2.57. The summed E-state index contributed by atoms with van der Waals surface area (Å²) in [5.74, 6) is -0.831. The molecule has 1 saturated heterocycles. The molecule has 0 bridgehead atoms. The van der Waals surface area contributed by atoms with Crippen molar-refractivity contribution in [2.45, 2.75) is 58.3 Å². The molecule has 1 N–H and O–H groups in total. The number of esters is 1. The van der Waals surface area contributed by atoms with E-state index in [4.69, 9.17) is 9.47 Å². The minimum atomic E-state index is -0.999. The van der Waals surface area contributed by atoms with Gasteiger partial charge >= 0.3 is 12.1 Å². The molecular formula is C20H28N2O5. The number of rotatable bonds is 6. The van der Waals surface area contributed by atoms with E-state index >= 15 is 0 Å². The highest BCUT2D eigenvalue weighted by molar-refractivity contribution is 5.89. The normalized spacial score (nSPS) is 15.1. The van der Waals surface area contributed by atoms with E-state index in [1.807, 2.05) is 30.3 Å². The molecule has 148 valence electrons. The lowest BCUT2D eigenvalue weighted by atomic mass is 10.1. The fraction of sp³-hybridized carbons (Fsp3) is 0.550. The van der Waals surface area contributed by atoms with E-state index in [1.54, 1.807) is 25.7 Å². The van der Waals surface area contributed by atoms with Gasteiger partial charge in [-0.1, -0.05) is 30.3 Å². The summed E-state index contributed by atoms with van der Waals surface area (Å²) in [4.78, 5) is 38.7. The van der Waals surface area contributed by atoms with Crippen LogP contribution in [0.4, 0.5) is 4.79 Å². The van der Waals surface area contributed by atoms with Gasteiger partial charge in [-0.05, 0) is 39.2 Å². The lowest BCUT2D eigenvalue weighted by molar-refractivity contribution is -0.148. The van der Waals surface area contributed by atoms with Gasteiger partial charge < -0.3 is 19.7 Å². The minimum absolute atomic E-state index is 0.122. The van der Waals surface area contributed by atoms with Crippen molar-refractivity contribution < 1.29 is 23.9 Å². The van der Waals surface area contributed by atoms with Crippen molar-refractivity contribution in [2.75, 3.05) is 13.1 Å². The van der Waals surface area contributed by atoms with E-state index in [9.17, 15) is 14.4 Å². The highest BCUT2D eigenvalue weighted by Crippen LogP contribution is 2.13. The van der Waals surface area contributed by atoms with Crippen LogP contribution in [0.3, 0.4) is 0 Å². The van der Waals surface area contributed by atoms with Gasteiger partial charge in [0.2, 0.25) is 5.91 Å². The standard InChI is InChI=1S/C20H28N2O5/c1-20(2,3)27-19(25)21-16(18(24)22-11-7-8-12-22)13-17(23)26-14-15-9-5-4-6-10-15/h4-6,9-10,16H,7-8,11-14H2,1-3H3,(H,21,25)/t16-/m0/s1. The molecule has 1 fully saturated rings. The van der Waals surface area contributed by atoms with Crippen molar-refractivity contribution in [1.29, 1.82) is 0 Å². The first-order valence-corrected chi connectivity index (χ1v) is 9.22. The fourth-order valence-corrected chi connectivity index (χ4v) is 2.77. The SMILES string of the molecule is CC(C)(C)OC(=O)N[C@@H](CC(=O)OCc1ccccc1)C(=O)N1CCCC1. The molecule has 7 nitrogen and oxygen atoms in total. The van der Waals surface area contributed by atoms with Gasteiger partial charge in [0.1, 0.15) is 18.2 Å². The largest absolute Gasteiger partial charge is 0.461 e. The van der Waals surface area contributed by atoms with Crippen LogP contribution in [0.5, 0.6) is 0 Å². The summed E-state index contributed by atoms with van der Waals surface area (Å²) in [6.07, 6.45) is 0.879.